The minimum atomic E-state index is -4.76. The van der Waals surface area contributed by atoms with Crippen molar-refractivity contribution in [2.45, 2.75) is 85.4 Å². The number of aromatic nitrogens is 2. The van der Waals surface area contributed by atoms with Gasteiger partial charge >= 0.3 is 12.8 Å². The Morgan fingerprint density at radius 3 is 2.42 bits per heavy atom. The fourth-order valence-electron chi connectivity index (χ4n) is 5.09. The molecule has 0 radical (unpaired) electrons. The maximum atomic E-state index is 14.5. The molecule has 7 nitrogen and oxygen atoms in total. The average Bonchev–Trinajstić information content (AvgIpc) is 3.65. The molecule has 0 unspecified atom stereocenters. The number of allylic oxidation sites excluding steroid dienone is 3. The van der Waals surface area contributed by atoms with Crippen LogP contribution in [0.5, 0.6) is 17.2 Å². The quantitative estimate of drug-likeness (QED) is 0.0693. The first-order valence-electron chi connectivity index (χ1n) is 15.6. The Labute approximate surface area is 279 Å². The van der Waals surface area contributed by atoms with Gasteiger partial charge in [-0.25, -0.2) is 4.98 Å². The summed E-state index contributed by atoms with van der Waals surface area (Å²) >= 11 is 0. The molecule has 2 aromatic carbocycles. The lowest BCUT2D eigenvalue weighted by Crippen LogP contribution is -2.26. The Kier molecular flexibility index (Phi) is 14.8. The summed E-state index contributed by atoms with van der Waals surface area (Å²) in [6, 6.07) is 11.4. The number of unbranched alkanes of at least 4 members (excludes halogenated alkanes) is 1. The zero-order valence-corrected chi connectivity index (χ0v) is 27.7. The van der Waals surface area contributed by atoms with Crippen molar-refractivity contribution in [3.63, 3.8) is 0 Å². The second-order valence-electron chi connectivity index (χ2n) is 10.8. The SMILES string of the molecule is C#CC/C(=C/OC)c1nc(C(F)(F)F)c(CN(Cc2cccc(OC(F)F)c2)Cc2ccc3c(c2)OCO3)n1CCCC.C/C=C\CC. The molecule has 0 fully saturated rings. The molecular weight excluding hydrogens is 633 g/mol. The van der Waals surface area contributed by atoms with Gasteiger partial charge in [-0.3, -0.25) is 4.90 Å². The number of halogens is 5. The summed E-state index contributed by atoms with van der Waals surface area (Å²) in [6.07, 6.45) is 8.77. The summed E-state index contributed by atoms with van der Waals surface area (Å²) in [7, 11) is 1.39. The van der Waals surface area contributed by atoms with E-state index >= 15 is 0 Å². The normalized spacial score (nSPS) is 12.8. The van der Waals surface area contributed by atoms with E-state index in [4.69, 9.17) is 20.6 Å². The molecule has 0 bridgehead atoms. The number of nitrogens with zero attached hydrogens (tertiary/aromatic N) is 3. The topological polar surface area (TPSA) is 58.0 Å². The summed E-state index contributed by atoms with van der Waals surface area (Å²) in [5.74, 6) is 3.60. The molecule has 1 aliphatic rings. The number of hydrogen-bond acceptors (Lipinski definition) is 6. The molecule has 0 saturated carbocycles. The first-order chi connectivity index (χ1) is 23.0. The van der Waals surface area contributed by atoms with Gasteiger partial charge in [0, 0.05) is 38.2 Å². The van der Waals surface area contributed by atoms with Gasteiger partial charge in [0.1, 0.15) is 11.6 Å². The number of benzene rings is 2. The van der Waals surface area contributed by atoms with Crippen molar-refractivity contribution in [1.29, 1.82) is 0 Å². The zero-order chi connectivity index (χ0) is 35.1. The van der Waals surface area contributed by atoms with E-state index in [-0.39, 0.29) is 56.7 Å². The third-order valence-corrected chi connectivity index (χ3v) is 7.13. The summed E-state index contributed by atoms with van der Waals surface area (Å²) < 4.78 is 91.4. The Morgan fingerprint density at radius 1 is 1.08 bits per heavy atom. The predicted octanol–water partition coefficient (Wildman–Crippen LogP) is 9.22. The first-order valence-corrected chi connectivity index (χ1v) is 15.6. The second-order valence-corrected chi connectivity index (χ2v) is 10.8. The van der Waals surface area contributed by atoms with E-state index < -0.39 is 18.5 Å². The highest BCUT2D eigenvalue weighted by Crippen LogP contribution is 2.37. The van der Waals surface area contributed by atoms with Crippen LogP contribution in [-0.4, -0.2) is 35.0 Å². The van der Waals surface area contributed by atoms with Crippen molar-refractivity contribution in [3.05, 3.63) is 89.2 Å². The lowest BCUT2D eigenvalue weighted by atomic mass is 10.1. The molecule has 4 rings (SSSR count). The molecule has 1 aliphatic heterocycles. The van der Waals surface area contributed by atoms with Crippen LogP contribution in [0.3, 0.4) is 0 Å². The van der Waals surface area contributed by atoms with Gasteiger partial charge in [0.25, 0.3) is 0 Å². The van der Waals surface area contributed by atoms with E-state index in [1.165, 1.54) is 25.5 Å². The smallest absolute Gasteiger partial charge is 0.435 e. The standard InChI is InChI=1S/C31H32F5N3O4.C5H10/c1-4-6-13-39-25(28(31(34,35)36)37-29(39)23(8-5-2)19-40-3)18-38(16-21-9-7-10-24(14-21)43-30(32)33)17-22-11-12-26-27(15-22)42-20-41-26;1-3-5-4-2/h2,7,9-12,14-15,19,30H,4,6,8,13,16-18,20H2,1,3H3;3,5H,4H2,1-2H3/b23-19-;5-3-. The zero-order valence-electron chi connectivity index (χ0n) is 27.7. The van der Waals surface area contributed by atoms with Gasteiger partial charge in [-0.1, -0.05) is 50.6 Å². The van der Waals surface area contributed by atoms with Crippen LogP contribution in [-0.2, 0) is 37.1 Å². The van der Waals surface area contributed by atoms with Crippen molar-refractivity contribution in [2.75, 3.05) is 13.9 Å². The minimum Gasteiger partial charge on any atom is -0.504 e. The number of ether oxygens (including phenoxy) is 4. The molecule has 0 saturated heterocycles. The van der Waals surface area contributed by atoms with Gasteiger partial charge < -0.3 is 23.5 Å². The lowest BCUT2D eigenvalue weighted by molar-refractivity contribution is -0.142. The number of rotatable bonds is 15. The van der Waals surface area contributed by atoms with Gasteiger partial charge in [0.15, 0.2) is 17.2 Å². The monoisotopic (exact) mass is 675 g/mol. The van der Waals surface area contributed by atoms with Gasteiger partial charge in [-0.2, -0.15) is 22.0 Å². The van der Waals surface area contributed by atoms with Crippen LogP contribution in [0.15, 0.2) is 60.9 Å². The molecular formula is C36H42F5N3O4. The summed E-state index contributed by atoms with van der Waals surface area (Å²) in [5, 5.41) is 0. The van der Waals surface area contributed by atoms with E-state index in [0.29, 0.717) is 29.1 Å². The lowest BCUT2D eigenvalue weighted by Gasteiger charge is -2.25. The van der Waals surface area contributed by atoms with Crippen molar-refractivity contribution >= 4 is 5.57 Å². The van der Waals surface area contributed by atoms with Crippen molar-refractivity contribution in [2.24, 2.45) is 0 Å². The Morgan fingerprint density at radius 2 is 1.81 bits per heavy atom. The molecule has 0 spiro atoms. The van der Waals surface area contributed by atoms with Crippen LogP contribution < -0.4 is 14.2 Å². The maximum Gasteiger partial charge on any atom is 0.435 e. The number of imidazole rings is 1. The highest BCUT2D eigenvalue weighted by molar-refractivity contribution is 5.62. The fourth-order valence-corrected chi connectivity index (χ4v) is 5.09. The number of alkyl halides is 5. The van der Waals surface area contributed by atoms with Gasteiger partial charge in [-0.15, -0.1) is 12.3 Å². The molecule has 0 amide bonds. The predicted molar refractivity (Wildman–Crippen MR) is 174 cm³/mol. The van der Waals surface area contributed by atoms with Crippen molar-refractivity contribution in [3.8, 4) is 29.6 Å². The molecule has 48 heavy (non-hydrogen) atoms. The van der Waals surface area contributed by atoms with Crippen LogP contribution in [0.1, 0.15) is 74.8 Å². The van der Waals surface area contributed by atoms with E-state index in [2.05, 4.69) is 34.7 Å². The minimum absolute atomic E-state index is 0.0194. The van der Waals surface area contributed by atoms with Gasteiger partial charge in [-0.05, 0) is 55.2 Å². The van der Waals surface area contributed by atoms with Crippen molar-refractivity contribution in [1.82, 2.24) is 14.5 Å². The molecule has 0 aliphatic carbocycles. The van der Waals surface area contributed by atoms with Crippen LogP contribution in [0.4, 0.5) is 22.0 Å². The molecule has 0 atom stereocenters. The number of fused-ring (bicyclic) bond motifs is 1. The molecule has 2 heterocycles. The fraction of sp³-hybridized carbons (Fsp3) is 0.417. The summed E-state index contributed by atoms with van der Waals surface area (Å²) in [5.41, 5.74) is 0.598. The van der Waals surface area contributed by atoms with E-state index in [1.54, 1.807) is 39.8 Å². The second kappa shape index (κ2) is 18.7. The summed E-state index contributed by atoms with van der Waals surface area (Å²) in [4.78, 5) is 5.84. The Bertz CT molecular complexity index is 1560. The number of hydrogen-bond donors (Lipinski definition) is 0. The number of terminal acetylenes is 1. The highest BCUT2D eigenvalue weighted by Gasteiger charge is 2.40. The average molecular weight is 676 g/mol. The van der Waals surface area contributed by atoms with E-state index in [0.717, 1.165) is 18.4 Å². The van der Waals surface area contributed by atoms with Gasteiger partial charge in [0.2, 0.25) is 6.79 Å². The van der Waals surface area contributed by atoms with Crippen LogP contribution >= 0.6 is 0 Å². The van der Waals surface area contributed by atoms with Gasteiger partial charge in [0.05, 0.1) is 19.1 Å². The Hall–Kier alpha value is -4.50. The third kappa shape index (κ3) is 11.0. The van der Waals surface area contributed by atoms with E-state index in [1.807, 2.05) is 13.8 Å². The highest BCUT2D eigenvalue weighted by atomic mass is 19.4. The van der Waals surface area contributed by atoms with E-state index in [9.17, 15) is 22.0 Å². The molecule has 260 valence electrons. The van der Waals surface area contributed by atoms with Crippen LogP contribution in [0.25, 0.3) is 5.57 Å². The largest absolute Gasteiger partial charge is 0.504 e. The maximum absolute atomic E-state index is 14.5. The van der Waals surface area contributed by atoms with Crippen molar-refractivity contribution < 1.29 is 40.9 Å². The molecule has 12 heteroatoms. The first kappa shape index (κ1) is 38.0. The van der Waals surface area contributed by atoms with Crippen LogP contribution in [0, 0.1) is 12.3 Å². The molecule has 1 aromatic heterocycles. The van der Waals surface area contributed by atoms with Crippen LogP contribution in [0.2, 0.25) is 0 Å². The molecule has 0 N–H and O–H groups in total. The Balaban J connectivity index is 0.00000116. The summed E-state index contributed by atoms with van der Waals surface area (Å²) in [6.45, 7) is 3.57. The molecule has 3 aromatic rings. The number of methoxy groups -OCH3 is 1. The third-order valence-electron chi connectivity index (χ3n) is 7.13.